The first-order valence-electron chi connectivity index (χ1n) is 3.22. The second kappa shape index (κ2) is 2.87. The molecule has 11 heavy (non-hydrogen) atoms. The van der Waals surface area contributed by atoms with Crippen molar-refractivity contribution in [3.63, 3.8) is 0 Å². The van der Waals surface area contributed by atoms with Crippen LogP contribution < -0.4 is 0 Å². The van der Waals surface area contributed by atoms with Crippen LogP contribution >= 0.6 is 15.9 Å². The van der Waals surface area contributed by atoms with Gasteiger partial charge < -0.3 is 5.11 Å². The van der Waals surface area contributed by atoms with Crippen molar-refractivity contribution in [3.05, 3.63) is 22.4 Å². The maximum atomic E-state index is 9.46. The van der Waals surface area contributed by atoms with E-state index in [2.05, 4.69) is 26.1 Å². The van der Waals surface area contributed by atoms with Crippen molar-refractivity contribution in [3.8, 4) is 0 Å². The Morgan fingerprint density at radius 3 is 2.36 bits per heavy atom. The highest BCUT2D eigenvalue weighted by atomic mass is 79.9. The Bertz CT molecular complexity index is 240. The summed E-state index contributed by atoms with van der Waals surface area (Å²) in [5.41, 5.74) is -0.339. The molecular formula is C7H9BrN2O. The van der Waals surface area contributed by atoms with Gasteiger partial charge in [0.1, 0.15) is 10.2 Å². The summed E-state index contributed by atoms with van der Waals surface area (Å²) in [6.07, 6.45) is 0. The van der Waals surface area contributed by atoms with E-state index in [1.807, 2.05) is 0 Å². The van der Waals surface area contributed by atoms with Crippen LogP contribution in [0.2, 0.25) is 0 Å². The molecule has 0 amide bonds. The summed E-state index contributed by atoms with van der Waals surface area (Å²) in [5.74, 6) is 0. The molecule has 1 aromatic heterocycles. The number of aliphatic hydroxyl groups is 1. The van der Waals surface area contributed by atoms with Crippen molar-refractivity contribution < 1.29 is 5.11 Å². The van der Waals surface area contributed by atoms with Crippen LogP contribution in [0.5, 0.6) is 0 Å². The molecule has 0 aliphatic rings. The Balaban J connectivity index is 2.99. The molecule has 0 radical (unpaired) electrons. The second-order valence-electron chi connectivity index (χ2n) is 2.80. The van der Waals surface area contributed by atoms with Gasteiger partial charge >= 0.3 is 0 Å². The van der Waals surface area contributed by atoms with E-state index in [0.717, 1.165) is 0 Å². The van der Waals surface area contributed by atoms with Gasteiger partial charge in [-0.2, -0.15) is 5.10 Å². The fraction of sp³-hybridized carbons (Fsp3) is 0.429. The number of hydrogen-bond donors (Lipinski definition) is 1. The van der Waals surface area contributed by atoms with Gasteiger partial charge in [-0.15, -0.1) is 5.10 Å². The lowest BCUT2D eigenvalue weighted by molar-refractivity contribution is 0.0727. The average molecular weight is 217 g/mol. The standard InChI is InChI=1S/C7H9BrN2O/c1-7(2,11)5-3-4-6(8)10-9-5/h3-4,11H,1-2H3. The Labute approximate surface area is 73.6 Å². The van der Waals surface area contributed by atoms with Crippen LogP contribution in [0.15, 0.2) is 16.7 Å². The van der Waals surface area contributed by atoms with Gasteiger partial charge in [-0.25, -0.2) is 0 Å². The van der Waals surface area contributed by atoms with Gasteiger partial charge in [0.25, 0.3) is 0 Å². The quantitative estimate of drug-likeness (QED) is 0.774. The number of hydrogen-bond acceptors (Lipinski definition) is 3. The number of halogens is 1. The van der Waals surface area contributed by atoms with Gasteiger partial charge in [-0.3, -0.25) is 0 Å². The number of nitrogens with zero attached hydrogens (tertiary/aromatic N) is 2. The van der Waals surface area contributed by atoms with Gasteiger partial charge in [0.2, 0.25) is 0 Å². The van der Waals surface area contributed by atoms with Crippen LogP contribution in [-0.4, -0.2) is 15.3 Å². The van der Waals surface area contributed by atoms with Crippen molar-refractivity contribution in [1.29, 1.82) is 0 Å². The summed E-state index contributed by atoms with van der Waals surface area (Å²) in [4.78, 5) is 0. The fourth-order valence-corrected chi connectivity index (χ4v) is 0.854. The Morgan fingerprint density at radius 2 is 2.00 bits per heavy atom. The van der Waals surface area contributed by atoms with Gasteiger partial charge in [-0.05, 0) is 41.9 Å². The van der Waals surface area contributed by atoms with Crippen molar-refractivity contribution in [1.82, 2.24) is 10.2 Å². The molecule has 0 aromatic carbocycles. The minimum Gasteiger partial charge on any atom is -0.384 e. The summed E-state index contributed by atoms with van der Waals surface area (Å²) in [7, 11) is 0. The van der Waals surface area contributed by atoms with E-state index in [9.17, 15) is 5.11 Å². The molecule has 60 valence electrons. The highest BCUT2D eigenvalue weighted by molar-refractivity contribution is 9.10. The molecule has 3 nitrogen and oxygen atoms in total. The highest BCUT2D eigenvalue weighted by Gasteiger charge is 2.17. The van der Waals surface area contributed by atoms with Gasteiger partial charge in [0.05, 0.1) is 5.69 Å². The molecule has 0 aliphatic heterocycles. The zero-order valence-corrected chi connectivity index (χ0v) is 7.96. The molecular weight excluding hydrogens is 208 g/mol. The van der Waals surface area contributed by atoms with E-state index in [1.54, 1.807) is 26.0 Å². The van der Waals surface area contributed by atoms with Crippen molar-refractivity contribution in [2.45, 2.75) is 19.4 Å². The summed E-state index contributed by atoms with van der Waals surface area (Å²) in [5, 5.41) is 17.0. The normalized spacial score (nSPS) is 11.6. The first kappa shape index (κ1) is 8.62. The molecule has 1 heterocycles. The molecule has 0 saturated carbocycles. The van der Waals surface area contributed by atoms with E-state index in [4.69, 9.17) is 0 Å². The zero-order valence-electron chi connectivity index (χ0n) is 6.37. The van der Waals surface area contributed by atoms with Crippen LogP contribution in [0, 0.1) is 0 Å². The van der Waals surface area contributed by atoms with E-state index in [0.29, 0.717) is 10.3 Å². The molecule has 0 atom stereocenters. The van der Waals surface area contributed by atoms with Crippen LogP contribution in [0.25, 0.3) is 0 Å². The number of rotatable bonds is 1. The summed E-state index contributed by atoms with van der Waals surface area (Å²) < 4.78 is 0.672. The predicted octanol–water partition coefficient (Wildman–Crippen LogP) is 1.47. The van der Waals surface area contributed by atoms with Crippen molar-refractivity contribution in [2.24, 2.45) is 0 Å². The van der Waals surface area contributed by atoms with Gasteiger partial charge in [-0.1, -0.05) is 0 Å². The molecule has 0 spiro atoms. The Hall–Kier alpha value is -0.480. The van der Waals surface area contributed by atoms with Crippen LogP contribution in [0.3, 0.4) is 0 Å². The molecule has 0 saturated heterocycles. The maximum Gasteiger partial charge on any atom is 0.128 e. The third kappa shape index (κ3) is 2.24. The van der Waals surface area contributed by atoms with E-state index in [-0.39, 0.29) is 0 Å². The first-order chi connectivity index (χ1) is 5.00. The van der Waals surface area contributed by atoms with Crippen LogP contribution in [0.4, 0.5) is 0 Å². The van der Waals surface area contributed by atoms with Crippen LogP contribution in [-0.2, 0) is 5.60 Å². The lowest BCUT2D eigenvalue weighted by Gasteiger charge is -2.14. The molecule has 1 aromatic rings. The third-order valence-corrected chi connectivity index (χ3v) is 1.68. The summed E-state index contributed by atoms with van der Waals surface area (Å²) >= 11 is 3.16. The summed E-state index contributed by atoms with van der Waals surface area (Å²) in [6, 6.07) is 3.48. The fourth-order valence-electron chi connectivity index (χ4n) is 0.642. The van der Waals surface area contributed by atoms with Gasteiger partial charge in [0.15, 0.2) is 0 Å². The third-order valence-electron chi connectivity index (χ3n) is 1.26. The number of aromatic nitrogens is 2. The lowest BCUT2D eigenvalue weighted by atomic mass is 10.1. The first-order valence-corrected chi connectivity index (χ1v) is 4.01. The molecule has 1 rings (SSSR count). The zero-order chi connectivity index (χ0) is 8.48. The van der Waals surface area contributed by atoms with E-state index < -0.39 is 5.60 Å². The maximum absolute atomic E-state index is 9.46. The van der Waals surface area contributed by atoms with Crippen molar-refractivity contribution >= 4 is 15.9 Å². The van der Waals surface area contributed by atoms with Crippen LogP contribution in [0.1, 0.15) is 19.5 Å². The Morgan fingerprint density at radius 1 is 1.36 bits per heavy atom. The largest absolute Gasteiger partial charge is 0.384 e. The predicted molar refractivity (Wildman–Crippen MR) is 45.0 cm³/mol. The summed E-state index contributed by atoms with van der Waals surface area (Å²) in [6.45, 7) is 3.34. The molecule has 0 aliphatic carbocycles. The molecule has 4 heteroatoms. The molecule has 0 bridgehead atoms. The molecule has 1 N–H and O–H groups in total. The topological polar surface area (TPSA) is 46.0 Å². The van der Waals surface area contributed by atoms with E-state index >= 15 is 0 Å². The monoisotopic (exact) mass is 216 g/mol. The second-order valence-corrected chi connectivity index (χ2v) is 3.61. The Kier molecular flexibility index (Phi) is 2.25. The molecule has 0 fully saturated rings. The smallest absolute Gasteiger partial charge is 0.128 e. The minimum atomic E-state index is -0.909. The molecule has 0 unspecified atom stereocenters. The SMILES string of the molecule is CC(C)(O)c1ccc(Br)nn1. The van der Waals surface area contributed by atoms with E-state index in [1.165, 1.54) is 0 Å². The lowest BCUT2D eigenvalue weighted by Crippen LogP contribution is -2.17. The van der Waals surface area contributed by atoms with Gasteiger partial charge in [0, 0.05) is 0 Å². The van der Waals surface area contributed by atoms with Crippen molar-refractivity contribution in [2.75, 3.05) is 0 Å². The highest BCUT2D eigenvalue weighted by Crippen LogP contribution is 2.16. The minimum absolute atomic E-state index is 0.570. The average Bonchev–Trinajstić information content (AvgIpc) is 1.86.